The highest BCUT2D eigenvalue weighted by Crippen LogP contribution is 2.08. The molecule has 0 radical (unpaired) electrons. The zero-order chi connectivity index (χ0) is 16.3. The number of halogens is 2. The molecule has 1 rings (SSSR count). The smallest absolute Gasteiger partial charge is 0.116 e. The zero-order valence-electron chi connectivity index (χ0n) is 13.5. The molecule has 1 atom stereocenters. The molecule has 0 heterocycles. The molecule has 0 saturated carbocycles. The van der Waals surface area contributed by atoms with Crippen LogP contribution in [0.4, 0.5) is 0 Å². The molecule has 4 nitrogen and oxygen atoms in total. The van der Waals surface area contributed by atoms with Crippen molar-refractivity contribution < 1.29 is 19.5 Å². The first-order valence-electron chi connectivity index (χ1n) is 7.30. The maximum absolute atomic E-state index is 10.1. The Morgan fingerprint density at radius 3 is 1.91 bits per heavy atom. The fourth-order valence-corrected chi connectivity index (χ4v) is 2.23. The molecule has 0 spiro atoms. The summed E-state index contributed by atoms with van der Waals surface area (Å²) in [5.41, 5.74) is 0.220. The number of aliphatic hydroxyl groups excluding tert-OH is 1. The van der Waals surface area contributed by atoms with Gasteiger partial charge in [-0.3, -0.25) is 0 Å². The van der Waals surface area contributed by atoms with Gasteiger partial charge in [0.15, 0.2) is 0 Å². The molecule has 0 saturated heterocycles. The predicted molar refractivity (Wildman–Crippen MR) is 91.5 cm³/mol. The Bertz CT molecular complexity index is 389. The monoisotopic (exact) mass is 351 g/mol. The van der Waals surface area contributed by atoms with Crippen molar-refractivity contribution in [2.45, 2.75) is 26.9 Å². The number of rotatable bonds is 7. The van der Waals surface area contributed by atoms with Crippen molar-refractivity contribution in [3.05, 3.63) is 35.9 Å². The van der Waals surface area contributed by atoms with Gasteiger partial charge in [-0.1, -0.05) is 30.3 Å². The lowest BCUT2D eigenvalue weighted by Gasteiger charge is -2.37. The van der Waals surface area contributed by atoms with E-state index in [1.807, 2.05) is 0 Å². The van der Waals surface area contributed by atoms with Gasteiger partial charge in [0.25, 0.3) is 0 Å². The Labute approximate surface area is 144 Å². The Morgan fingerprint density at radius 2 is 1.64 bits per heavy atom. The van der Waals surface area contributed by atoms with Gasteiger partial charge < -0.3 is 19.5 Å². The van der Waals surface area contributed by atoms with E-state index >= 15 is 0 Å². The summed E-state index contributed by atoms with van der Waals surface area (Å²) < 4.78 is 0.966. The van der Waals surface area contributed by atoms with E-state index in [2.05, 4.69) is 20.8 Å². The normalized spacial score (nSPS) is 11.7. The van der Waals surface area contributed by atoms with E-state index in [9.17, 15) is 15.0 Å². The van der Waals surface area contributed by atoms with Crippen molar-refractivity contribution in [2.24, 2.45) is 0 Å². The summed E-state index contributed by atoms with van der Waals surface area (Å²) in [6, 6.07) is 8.06. The number of carbonyl (C=O) groups excluding carboxylic acids is 1. The number of nitrogens with zero attached hydrogens (tertiary/aromatic N) is 1. The van der Waals surface area contributed by atoms with Crippen molar-refractivity contribution >= 4 is 30.0 Å². The van der Waals surface area contributed by atoms with Crippen LogP contribution in [-0.4, -0.2) is 53.7 Å². The third-order valence-electron chi connectivity index (χ3n) is 3.80. The molecule has 1 unspecified atom stereocenters. The Hall–Kier alpha value is -0.810. The topological polar surface area (TPSA) is 60.4 Å². The molecule has 0 aliphatic rings. The SMILES string of the molecule is CC[N+](CC)(CC)CC(O)CCl.Cl.O=C([O-])c1ccccc1. The number of carbonyl (C=O) groups is 1. The summed E-state index contributed by atoms with van der Waals surface area (Å²) in [6.07, 6.45) is -0.355. The van der Waals surface area contributed by atoms with Crippen LogP contribution >= 0.6 is 24.0 Å². The number of benzene rings is 1. The Kier molecular flexibility index (Phi) is 13.5. The number of aromatic carboxylic acids is 1. The van der Waals surface area contributed by atoms with Gasteiger partial charge in [-0.05, 0) is 26.3 Å². The lowest BCUT2D eigenvalue weighted by atomic mass is 10.2. The number of quaternary nitrogens is 1. The van der Waals surface area contributed by atoms with Crippen molar-refractivity contribution in [2.75, 3.05) is 32.1 Å². The average Bonchev–Trinajstić information content (AvgIpc) is 2.54. The first-order chi connectivity index (χ1) is 9.94. The third-order valence-corrected chi connectivity index (χ3v) is 4.15. The molecule has 0 amide bonds. The van der Waals surface area contributed by atoms with Crippen molar-refractivity contribution in [3.63, 3.8) is 0 Å². The Balaban J connectivity index is 0. The average molecular weight is 352 g/mol. The van der Waals surface area contributed by atoms with Crippen LogP contribution in [-0.2, 0) is 0 Å². The molecule has 0 fully saturated rings. The molecular formula is C16H27Cl2NO3. The van der Waals surface area contributed by atoms with Gasteiger partial charge in [0.1, 0.15) is 12.6 Å². The molecule has 0 bridgehead atoms. The summed E-state index contributed by atoms with van der Waals surface area (Å²) in [7, 11) is 0. The minimum Gasteiger partial charge on any atom is -0.545 e. The number of hydrogen-bond acceptors (Lipinski definition) is 3. The first kappa shape index (κ1) is 23.5. The fourth-order valence-electron chi connectivity index (χ4n) is 2.13. The maximum atomic E-state index is 10.1. The molecule has 0 aromatic heterocycles. The van der Waals surface area contributed by atoms with Crippen LogP contribution in [0.3, 0.4) is 0 Å². The van der Waals surface area contributed by atoms with E-state index in [-0.39, 0.29) is 24.1 Å². The molecule has 1 aromatic rings. The molecule has 22 heavy (non-hydrogen) atoms. The van der Waals surface area contributed by atoms with Gasteiger partial charge in [0.05, 0.1) is 31.5 Å². The number of hydrogen-bond donors (Lipinski definition) is 1. The van der Waals surface area contributed by atoms with Gasteiger partial charge in [0.2, 0.25) is 0 Å². The van der Waals surface area contributed by atoms with Crippen LogP contribution in [0.2, 0.25) is 0 Å². The molecule has 1 aromatic carbocycles. The maximum Gasteiger partial charge on any atom is 0.116 e. The van der Waals surface area contributed by atoms with E-state index in [1.165, 1.54) is 12.1 Å². The molecule has 0 aliphatic heterocycles. The lowest BCUT2D eigenvalue weighted by molar-refractivity contribution is -0.925. The van der Waals surface area contributed by atoms with E-state index in [0.29, 0.717) is 5.88 Å². The van der Waals surface area contributed by atoms with Crippen molar-refractivity contribution in [1.82, 2.24) is 0 Å². The number of aliphatic hydroxyl groups is 1. The first-order valence-corrected chi connectivity index (χ1v) is 7.83. The minimum absolute atomic E-state index is 0. The standard InChI is InChI=1S/C9H21ClNO.C7H6O2.ClH/c1-4-11(5-2,6-3)8-9(12)7-10;8-7(9)6-4-2-1-3-5-6;/h9,12H,4-8H2,1-3H3;1-5H,(H,8,9);1H/q+1;;/p-1. The summed E-state index contributed by atoms with van der Waals surface area (Å²) in [5.74, 6) is -0.782. The van der Waals surface area contributed by atoms with Gasteiger partial charge in [0, 0.05) is 0 Å². The summed E-state index contributed by atoms with van der Waals surface area (Å²) in [5, 5.41) is 19.5. The quantitative estimate of drug-likeness (QED) is 0.603. The highest BCUT2D eigenvalue weighted by atomic mass is 35.5. The van der Waals surface area contributed by atoms with Crippen molar-refractivity contribution in [1.29, 1.82) is 0 Å². The van der Waals surface area contributed by atoms with Gasteiger partial charge in [-0.25, -0.2) is 0 Å². The van der Waals surface area contributed by atoms with E-state index in [1.54, 1.807) is 18.2 Å². The number of carboxylic acids is 1. The van der Waals surface area contributed by atoms with Gasteiger partial charge in [-0.15, -0.1) is 24.0 Å². The van der Waals surface area contributed by atoms with Crippen LogP contribution in [0.25, 0.3) is 0 Å². The van der Waals surface area contributed by atoms with Crippen LogP contribution in [0.5, 0.6) is 0 Å². The second-order valence-corrected chi connectivity index (χ2v) is 5.24. The van der Waals surface area contributed by atoms with Crippen molar-refractivity contribution in [3.8, 4) is 0 Å². The molecule has 1 N–H and O–H groups in total. The second-order valence-electron chi connectivity index (χ2n) is 4.93. The molecular weight excluding hydrogens is 325 g/mol. The number of carboxylic acid groups (broad SMARTS) is 1. The van der Waals surface area contributed by atoms with E-state index in [0.717, 1.165) is 30.7 Å². The van der Waals surface area contributed by atoms with E-state index < -0.39 is 5.97 Å². The van der Waals surface area contributed by atoms with Crippen LogP contribution in [0.15, 0.2) is 30.3 Å². The Morgan fingerprint density at radius 1 is 1.18 bits per heavy atom. The lowest BCUT2D eigenvalue weighted by Crippen LogP contribution is -2.52. The molecule has 128 valence electrons. The zero-order valence-corrected chi connectivity index (χ0v) is 15.1. The van der Waals surface area contributed by atoms with Crippen LogP contribution in [0.1, 0.15) is 31.1 Å². The number of likely N-dealkylation sites (N-methyl/N-ethyl adjacent to an activating group) is 1. The highest BCUT2D eigenvalue weighted by Gasteiger charge is 2.24. The van der Waals surface area contributed by atoms with Gasteiger partial charge >= 0.3 is 0 Å². The molecule has 0 aliphatic carbocycles. The summed E-state index contributed by atoms with van der Waals surface area (Å²) in [4.78, 5) is 10.1. The predicted octanol–water partition coefficient (Wildman–Crippen LogP) is 1.93. The summed E-state index contributed by atoms with van der Waals surface area (Å²) >= 11 is 5.57. The minimum atomic E-state index is -1.13. The summed E-state index contributed by atoms with van der Waals surface area (Å²) in [6.45, 7) is 10.5. The van der Waals surface area contributed by atoms with Crippen LogP contribution in [0, 0.1) is 0 Å². The number of alkyl halides is 1. The third kappa shape index (κ3) is 8.59. The largest absolute Gasteiger partial charge is 0.545 e. The highest BCUT2D eigenvalue weighted by molar-refractivity contribution is 6.18. The fraction of sp³-hybridized carbons (Fsp3) is 0.562. The molecule has 6 heteroatoms. The van der Waals surface area contributed by atoms with E-state index in [4.69, 9.17) is 11.6 Å². The van der Waals surface area contributed by atoms with Gasteiger partial charge in [-0.2, -0.15) is 0 Å². The second kappa shape index (κ2) is 12.7. The van der Waals surface area contributed by atoms with Crippen LogP contribution < -0.4 is 5.11 Å².